The molecule has 0 aliphatic heterocycles. The van der Waals surface area contributed by atoms with Crippen LogP contribution in [0.4, 0.5) is 5.69 Å². The molecule has 0 fully saturated rings. The average molecular weight is 350 g/mol. The number of rotatable bonds is 4. The minimum atomic E-state index is -0.660. The molecule has 0 unspecified atom stereocenters. The second-order valence-electron chi connectivity index (χ2n) is 4.76. The summed E-state index contributed by atoms with van der Waals surface area (Å²) in [6.45, 7) is 1.55. The summed E-state index contributed by atoms with van der Waals surface area (Å²) in [6, 6.07) is 7.39. The topological polar surface area (TPSA) is 125 Å². The van der Waals surface area contributed by atoms with Gasteiger partial charge in [0.15, 0.2) is 0 Å². The number of aromatic hydroxyl groups is 2. The van der Waals surface area contributed by atoms with Gasteiger partial charge < -0.3 is 10.2 Å². The van der Waals surface area contributed by atoms with Crippen molar-refractivity contribution < 1.29 is 19.9 Å². The largest absolute Gasteiger partial charge is 0.508 e. The van der Waals surface area contributed by atoms with E-state index in [0.29, 0.717) is 11.3 Å². The molecule has 0 aromatic heterocycles. The molecule has 0 aliphatic carbocycles. The van der Waals surface area contributed by atoms with E-state index in [1.54, 1.807) is 6.92 Å². The van der Waals surface area contributed by atoms with Gasteiger partial charge in [-0.15, -0.1) is 0 Å². The predicted molar refractivity (Wildman–Crippen MR) is 87.6 cm³/mol. The molecule has 0 saturated carbocycles. The summed E-state index contributed by atoms with van der Waals surface area (Å²) in [5, 5.41) is 33.4. The van der Waals surface area contributed by atoms with Crippen molar-refractivity contribution in [3.05, 3.63) is 62.7 Å². The zero-order valence-corrected chi connectivity index (χ0v) is 13.1. The molecule has 9 heteroatoms. The lowest BCUT2D eigenvalue weighted by molar-refractivity contribution is -0.384. The molecular formula is C15H12ClN3O5. The highest BCUT2D eigenvalue weighted by atomic mass is 35.5. The van der Waals surface area contributed by atoms with Crippen LogP contribution in [0.3, 0.4) is 0 Å². The third-order valence-electron chi connectivity index (χ3n) is 3.10. The van der Waals surface area contributed by atoms with Crippen LogP contribution >= 0.6 is 11.6 Å². The number of benzene rings is 2. The molecule has 0 heterocycles. The van der Waals surface area contributed by atoms with Crippen molar-refractivity contribution in [1.29, 1.82) is 0 Å². The van der Waals surface area contributed by atoms with E-state index in [-0.39, 0.29) is 27.8 Å². The molecule has 3 N–H and O–H groups in total. The number of carbonyl (C=O) groups is 1. The molecule has 2 rings (SSSR count). The Labute approximate surface area is 141 Å². The summed E-state index contributed by atoms with van der Waals surface area (Å²) in [7, 11) is 0. The molecule has 1 amide bonds. The quantitative estimate of drug-likeness (QED) is 0.444. The fourth-order valence-corrected chi connectivity index (χ4v) is 2.14. The first-order chi connectivity index (χ1) is 11.3. The van der Waals surface area contributed by atoms with Gasteiger partial charge in [0.2, 0.25) is 0 Å². The highest BCUT2D eigenvalue weighted by Crippen LogP contribution is 2.24. The van der Waals surface area contributed by atoms with Crippen LogP contribution in [0.2, 0.25) is 5.02 Å². The van der Waals surface area contributed by atoms with E-state index in [1.807, 2.05) is 0 Å². The maximum absolute atomic E-state index is 12.0. The highest BCUT2D eigenvalue weighted by Gasteiger charge is 2.15. The van der Waals surface area contributed by atoms with E-state index >= 15 is 0 Å². The Morgan fingerprint density at radius 2 is 1.88 bits per heavy atom. The van der Waals surface area contributed by atoms with Crippen molar-refractivity contribution in [2.45, 2.75) is 6.92 Å². The Balaban J connectivity index is 2.19. The van der Waals surface area contributed by atoms with Gasteiger partial charge in [-0.2, -0.15) is 5.10 Å². The van der Waals surface area contributed by atoms with Crippen LogP contribution in [0.5, 0.6) is 11.5 Å². The average Bonchev–Trinajstić information content (AvgIpc) is 2.52. The molecule has 0 atom stereocenters. The zero-order valence-electron chi connectivity index (χ0n) is 12.4. The fraction of sp³-hybridized carbons (Fsp3) is 0.0667. The SMILES string of the molecule is CC(=NNC(=O)c1ccc([N+](=O)[O-])cc1Cl)c1ccc(O)cc1O. The molecule has 2 aromatic rings. The number of hydrogen-bond donors (Lipinski definition) is 3. The maximum Gasteiger partial charge on any atom is 0.272 e. The van der Waals surface area contributed by atoms with E-state index in [4.69, 9.17) is 11.6 Å². The maximum atomic E-state index is 12.0. The number of hydrazone groups is 1. The lowest BCUT2D eigenvalue weighted by Gasteiger charge is -2.06. The summed E-state index contributed by atoms with van der Waals surface area (Å²) in [5.74, 6) is -0.961. The van der Waals surface area contributed by atoms with Crippen molar-refractivity contribution in [2.75, 3.05) is 0 Å². The molecule has 24 heavy (non-hydrogen) atoms. The summed E-state index contributed by atoms with van der Waals surface area (Å²) >= 11 is 5.86. The van der Waals surface area contributed by atoms with E-state index in [1.165, 1.54) is 18.2 Å². The van der Waals surface area contributed by atoms with Gasteiger partial charge in [0.05, 0.1) is 21.2 Å². The van der Waals surface area contributed by atoms with Gasteiger partial charge in [0, 0.05) is 23.8 Å². The van der Waals surface area contributed by atoms with Crippen LogP contribution in [0, 0.1) is 10.1 Å². The number of nitro groups is 1. The van der Waals surface area contributed by atoms with E-state index in [9.17, 15) is 25.1 Å². The van der Waals surface area contributed by atoms with Crippen LogP contribution in [0.25, 0.3) is 0 Å². The Morgan fingerprint density at radius 1 is 1.21 bits per heavy atom. The van der Waals surface area contributed by atoms with Crippen molar-refractivity contribution in [3.63, 3.8) is 0 Å². The highest BCUT2D eigenvalue weighted by molar-refractivity contribution is 6.34. The number of non-ortho nitro benzene ring substituents is 1. The lowest BCUT2D eigenvalue weighted by Crippen LogP contribution is -2.19. The molecule has 124 valence electrons. The summed E-state index contributed by atoms with van der Waals surface area (Å²) in [4.78, 5) is 22.1. The van der Waals surface area contributed by atoms with Crippen LogP contribution in [0.1, 0.15) is 22.8 Å². The number of halogens is 1. The first-order valence-corrected chi connectivity index (χ1v) is 6.98. The molecule has 0 saturated heterocycles. The summed E-state index contributed by atoms with van der Waals surface area (Å²) < 4.78 is 0. The van der Waals surface area contributed by atoms with Crippen LogP contribution in [0.15, 0.2) is 41.5 Å². The minimum absolute atomic E-state index is 0.0220. The molecule has 8 nitrogen and oxygen atoms in total. The number of phenolic OH excluding ortho intramolecular Hbond substituents is 2. The minimum Gasteiger partial charge on any atom is -0.508 e. The molecule has 0 bridgehead atoms. The molecule has 0 radical (unpaired) electrons. The number of nitrogens with zero attached hydrogens (tertiary/aromatic N) is 2. The van der Waals surface area contributed by atoms with Gasteiger partial charge in [0.25, 0.3) is 11.6 Å². The Kier molecular flexibility index (Phi) is 5.00. The Morgan fingerprint density at radius 3 is 2.46 bits per heavy atom. The smallest absolute Gasteiger partial charge is 0.272 e. The number of phenols is 2. The predicted octanol–water partition coefficient (Wildman–Crippen LogP) is 2.81. The van der Waals surface area contributed by atoms with Crippen molar-refractivity contribution in [3.8, 4) is 11.5 Å². The molecular weight excluding hydrogens is 338 g/mol. The van der Waals surface area contributed by atoms with E-state index in [2.05, 4.69) is 10.5 Å². The lowest BCUT2D eigenvalue weighted by atomic mass is 10.1. The molecule has 2 aromatic carbocycles. The van der Waals surface area contributed by atoms with Crippen molar-refractivity contribution in [1.82, 2.24) is 5.43 Å². The third kappa shape index (κ3) is 3.79. The van der Waals surface area contributed by atoms with Crippen molar-refractivity contribution >= 4 is 28.9 Å². The van der Waals surface area contributed by atoms with Crippen molar-refractivity contribution in [2.24, 2.45) is 5.10 Å². The van der Waals surface area contributed by atoms with Gasteiger partial charge in [0.1, 0.15) is 11.5 Å². The van der Waals surface area contributed by atoms with Crippen LogP contribution < -0.4 is 5.43 Å². The number of nitro benzene ring substituents is 1. The summed E-state index contributed by atoms with van der Waals surface area (Å²) in [6.07, 6.45) is 0. The normalized spacial score (nSPS) is 11.2. The Bertz CT molecular complexity index is 851. The van der Waals surface area contributed by atoms with Crippen LogP contribution in [-0.2, 0) is 0 Å². The fourth-order valence-electron chi connectivity index (χ4n) is 1.88. The second kappa shape index (κ2) is 6.97. The number of nitrogens with one attached hydrogen (secondary N) is 1. The van der Waals surface area contributed by atoms with Gasteiger partial charge >= 0.3 is 0 Å². The first kappa shape index (κ1) is 17.2. The second-order valence-corrected chi connectivity index (χ2v) is 5.17. The van der Waals surface area contributed by atoms with Crippen LogP contribution in [-0.4, -0.2) is 26.8 Å². The van der Waals surface area contributed by atoms with E-state index in [0.717, 1.165) is 18.2 Å². The summed E-state index contributed by atoms with van der Waals surface area (Å²) in [5.41, 5.74) is 2.65. The monoisotopic (exact) mass is 349 g/mol. The number of amides is 1. The number of hydrogen-bond acceptors (Lipinski definition) is 6. The third-order valence-corrected chi connectivity index (χ3v) is 3.42. The van der Waals surface area contributed by atoms with E-state index < -0.39 is 10.8 Å². The first-order valence-electron chi connectivity index (χ1n) is 6.60. The van der Waals surface area contributed by atoms with Gasteiger partial charge in [-0.25, -0.2) is 5.43 Å². The molecule has 0 spiro atoms. The Hall–Kier alpha value is -3.13. The zero-order chi connectivity index (χ0) is 17.9. The van der Waals surface area contributed by atoms with Gasteiger partial charge in [-0.05, 0) is 25.1 Å². The van der Waals surface area contributed by atoms with Gasteiger partial charge in [-0.1, -0.05) is 11.6 Å². The van der Waals surface area contributed by atoms with Gasteiger partial charge in [-0.3, -0.25) is 14.9 Å². The standard InChI is InChI=1S/C15H12ClN3O5/c1-8(11-5-3-10(20)7-14(11)21)17-18-15(22)12-4-2-9(19(23)24)6-13(12)16/h2-7,20-21H,1H3,(H,18,22). The number of carbonyl (C=O) groups excluding carboxylic acids is 1. The molecule has 0 aliphatic rings.